The fourth-order valence-corrected chi connectivity index (χ4v) is 2.63. The zero-order valence-corrected chi connectivity index (χ0v) is 12.4. The average Bonchev–Trinajstić information content (AvgIpc) is 2.82. The van der Waals surface area contributed by atoms with E-state index in [1.807, 2.05) is 29.8 Å². The van der Waals surface area contributed by atoms with Crippen LogP contribution in [0.25, 0.3) is 11.2 Å². The molecule has 21 heavy (non-hydrogen) atoms. The van der Waals surface area contributed by atoms with Gasteiger partial charge in [-0.05, 0) is 42.7 Å². The van der Waals surface area contributed by atoms with Gasteiger partial charge < -0.3 is 4.57 Å². The van der Waals surface area contributed by atoms with E-state index in [9.17, 15) is 4.39 Å². The quantitative estimate of drug-likeness (QED) is 0.685. The molecule has 2 aromatic heterocycles. The highest BCUT2D eigenvalue weighted by Gasteiger charge is 2.11. The van der Waals surface area contributed by atoms with E-state index in [0.29, 0.717) is 18.8 Å². The van der Waals surface area contributed by atoms with Crippen LogP contribution in [0.15, 0.2) is 36.5 Å². The van der Waals surface area contributed by atoms with Gasteiger partial charge in [-0.15, -0.1) is 11.6 Å². The van der Waals surface area contributed by atoms with Crippen molar-refractivity contribution in [2.75, 3.05) is 0 Å². The van der Waals surface area contributed by atoms with Crippen molar-refractivity contribution >= 4 is 22.8 Å². The molecule has 0 saturated carbocycles. The largest absolute Gasteiger partial charge is 0.311 e. The summed E-state index contributed by atoms with van der Waals surface area (Å²) in [7, 11) is 0. The number of benzene rings is 1. The van der Waals surface area contributed by atoms with Gasteiger partial charge in [-0.2, -0.15) is 0 Å². The second-order valence-corrected chi connectivity index (χ2v) is 5.32. The van der Waals surface area contributed by atoms with Crippen molar-refractivity contribution < 1.29 is 4.39 Å². The number of hydrogen-bond acceptors (Lipinski definition) is 2. The maximum atomic E-state index is 13.2. The molecule has 0 unspecified atom stereocenters. The van der Waals surface area contributed by atoms with Gasteiger partial charge >= 0.3 is 0 Å². The van der Waals surface area contributed by atoms with Gasteiger partial charge in [-0.1, -0.05) is 12.1 Å². The van der Waals surface area contributed by atoms with E-state index >= 15 is 0 Å². The van der Waals surface area contributed by atoms with Crippen molar-refractivity contribution in [2.24, 2.45) is 0 Å². The Morgan fingerprint density at radius 3 is 2.90 bits per heavy atom. The van der Waals surface area contributed by atoms with Gasteiger partial charge in [0.05, 0.1) is 5.88 Å². The number of imidazole rings is 1. The third-order valence-electron chi connectivity index (χ3n) is 3.43. The number of pyridine rings is 1. The van der Waals surface area contributed by atoms with Crippen molar-refractivity contribution in [3.05, 3.63) is 59.3 Å². The highest BCUT2D eigenvalue weighted by molar-refractivity contribution is 6.16. The zero-order chi connectivity index (χ0) is 14.8. The van der Waals surface area contributed by atoms with Crippen LogP contribution in [0.1, 0.15) is 17.0 Å². The molecule has 0 saturated heterocycles. The van der Waals surface area contributed by atoms with Crippen molar-refractivity contribution in [1.82, 2.24) is 14.5 Å². The lowest BCUT2D eigenvalue weighted by atomic mass is 10.1. The van der Waals surface area contributed by atoms with Crippen LogP contribution in [0, 0.1) is 12.7 Å². The third kappa shape index (κ3) is 2.90. The fraction of sp³-hybridized carbons (Fsp3) is 0.250. The number of halogens is 2. The maximum Gasteiger partial charge on any atom is 0.160 e. The number of nitrogens with zero attached hydrogens (tertiary/aromatic N) is 3. The number of hydrogen-bond donors (Lipinski definition) is 0. The van der Waals surface area contributed by atoms with Gasteiger partial charge in [0.25, 0.3) is 0 Å². The molecule has 0 aliphatic carbocycles. The molecule has 3 nitrogen and oxygen atoms in total. The molecule has 3 rings (SSSR count). The summed E-state index contributed by atoms with van der Waals surface area (Å²) in [5.41, 5.74) is 3.69. The summed E-state index contributed by atoms with van der Waals surface area (Å²) in [6, 6.07) is 8.64. The molecule has 0 bridgehead atoms. The summed E-state index contributed by atoms with van der Waals surface area (Å²) in [6.45, 7) is 2.66. The van der Waals surface area contributed by atoms with Gasteiger partial charge in [0.1, 0.15) is 17.2 Å². The van der Waals surface area contributed by atoms with Crippen molar-refractivity contribution in [1.29, 1.82) is 0 Å². The van der Waals surface area contributed by atoms with Crippen LogP contribution in [0.4, 0.5) is 4.39 Å². The molecule has 0 radical (unpaired) electrons. The Hall–Kier alpha value is -1.94. The topological polar surface area (TPSA) is 30.7 Å². The highest BCUT2D eigenvalue weighted by atomic mass is 35.5. The van der Waals surface area contributed by atoms with Crippen LogP contribution in [0.3, 0.4) is 0 Å². The molecule has 0 aliphatic heterocycles. The number of aryl methyl sites for hydroxylation is 3. The summed E-state index contributed by atoms with van der Waals surface area (Å²) < 4.78 is 15.2. The monoisotopic (exact) mass is 303 g/mol. The Kier molecular flexibility index (Phi) is 3.88. The Morgan fingerprint density at radius 1 is 1.29 bits per heavy atom. The second kappa shape index (κ2) is 5.82. The lowest BCUT2D eigenvalue weighted by Crippen LogP contribution is -2.06. The van der Waals surface area contributed by atoms with Crippen molar-refractivity contribution in [3.8, 4) is 0 Å². The number of alkyl halides is 1. The number of fused-ring (bicyclic) bond motifs is 1. The van der Waals surface area contributed by atoms with Crippen LogP contribution in [-0.4, -0.2) is 14.5 Å². The van der Waals surface area contributed by atoms with E-state index in [-0.39, 0.29) is 5.82 Å². The SMILES string of the molecule is Cc1cnc2c(c1)nc(CCl)n2CCc1cccc(F)c1. The molecule has 5 heteroatoms. The lowest BCUT2D eigenvalue weighted by Gasteiger charge is -2.07. The first-order chi connectivity index (χ1) is 10.2. The molecular formula is C16H15ClFN3. The Morgan fingerprint density at radius 2 is 2.14 bits per heavy atom. The molecule has 0 amide bonds. The van der Waals surface area contributed by atoms with E-state index in [4.69, 9.17) is 11.6 Å². The first-order valence-corrected chi connectivity index (χ1v) is 7.33. The van der Waals surface area contributed by atoms with Gasteiger partial charge in [-0.25, -0.2) is 14.4 Å². The van der Waals surface area contributed by atoms with Crippen LogP contribution in [0.2, 0.25) is 0 Å². The predicted octanol–water partition coefficient (Wildman–Crippen LogP) is 3.86. The average molecular weight is 304 g/mol. The highest BCUT2D eigenvalue weighted by Crippen LogP contribution is 2.17. The van der Waals surface area contributed by atoms with E-state index in [0.717, 1.165) is 28.1 Å². The molecule has 0 atom stereocenters. The molecule has 2 heterocycles. The molecule has 1 aromatic carbocycles. The maximum absolute atomic E-state index is 13.2. The molecule has 0 spiro atoms. The molecule has 0 N–H and O–H groups in total. The molecular weight excluding hydrogens is 289 g/mol. The van der Waals surface area contributed by atoms with Crippen molar-refractivity contribution in [3.63, 3.8) is 0 Å². The fourth-order valence-electron chi connectivity index (χ4n) is 2.43. The van der Waals surface area contributed by atoms with Crippen LogP contribution >= 0.6 is 11.6 Å². The number of aromatic nitrogens is 3. The van der Waals surface area contributed by atoms with Gasteiger partial charge in [0.2, 0.25) is 0 Å². The van der Waals surface area contributed by atoms with Gasteiger partial charge in [0, 0.05) is 12.7 Å². The normalized spacial score (nSPS) is 11.2. The Bertz CT molecular complexity index is 782. The molecule has 0 fully saturated rings. The summed E-state index contributed by atoms with van der Waals surface area (Å²) >= 11 is 5.98. The molecule has 3 aromatic rings. The summed E-state index contributed by atoms with van der Waals surface area (Å²) in [6.07, 6.45) is 2.53. The number of rotatable bonds is 4. The first-order valence-electron chi connectivity index (χ1n) is 6.79. The van der Waals surface area contributed by atoms with Crippen molar-refractivity contribution in [2.45, 2.75) is 25.8 Å². The minimum absolute atomic E-state index is 0.214. The van der Waals surface area contributed by atoms with E-state index in [2.05, 4.69) is 9.97 Å². The van der Waals surface area contributed by atoms with Crippen LogP contribution in [0.5, 0.6) is 0 Å². The van der Waals surface area contributed by atoms with E-state index in [1.54, 1.807) is 12.1 Å². The Balaban J connectivity index is 1.92. The lowest BCUT2D eigenvalue weighted by molar-refractivity contribution is 0.621. The predicted molar refractivity (Wildman–Crippen MR) is 81.9 cm³/mol. The minimum atomic E-state index is -0.214. The van der Waals surface area contributed by atoms with Gasteiger partial charge in [-0.3, -0.25) is 0 Å². The standard InChI is InChI=1S/C16H15ClFN3/c1-11-7-14-16(19-10-11)21(15(9-17)20-14)6-5-12-3-2-4-13(18)8-12/h2-4,7-8,10H,5-6,9H2,1H3. The summed E-state index contributed by atoms with van der Waals surface area (Å²) in [5.74, 6) is 0.911. The minimum Gasteiger partial charge on any atom is -0.311 e. The second-order valence-electron chi connectivity index (χ2n) is 5.05. The molecule has 108 valence electrons. The summed E-state index contributed by atoms with van der Waals surface area (Å²) in [5, 5.41) is 0. The smallest absolute Gasteiger partial charge is 0.160 e. The first kappa shape index (κ1) is 14.0. The van der Waals surface area contributed by atoms with Crippen LogP contribution < -0.4 is 0 Å². The van der Waals surface area contributed by atoms with Gasteiger partial charge in [0.15, 0.2) is 5.65 Å². The van der Waals surface area contributed by atoms with E-state index in [1.165, 1.54) is 6.07 Å². The Labute approximate surface area is 127 Å². The summed E-state index contributed by atoms with van der Waals surface area (Å²) in [4.78, 5) is 8.96. The molecule has 0 aliphatic rings. The third-order valence-corrected chi connectivity index (χ3v) is 3.67. The van der Waals surface area contributed by atoms with E-state index < -0.39 is 0 Å². The van der Waals surface area contributed by atoms with Crippen LogP contribution in [-0.2, 0) is 18.8 Å². The zero-order valence-electron chi connectivity index (χ0n) is 11.7.